The molecule has 2 atom stereocenters. The lowest BCUT2D eigenvalue weighted by Gasteiger charge is -2.18. The first kappa shape index (κ1) is 22.3. The summed E-state index contributed by atoms with van der Waals surface area (Å²) >= 11 is 1.39. The summed E-state index contributed by atoms with van der Waals surface area (Å²) in [7, 11) is 0. The maximum Gasteiger partial charge on any atom is 0.407 e. The number of nitrogens with one attached hydrogen (secondary N) is 1. The molecule has 2 aromatic carbocycles. The molecule has 1 aliphatic carbocycles. The van der Waals surface area contributed by atoms with Crippen LogP contribution in [-0.4, -0.2) is 51.8 Å². The number of ether oxygens (including phenoxy) is 1. The molecule has 0 saturated heterocycles. The van der Waals surface area contributed by atoms with Crippen LogP contribution in [0.5, 0.6) is 0 Å². The molecule has 166 valence electrons. The normalized spacial score (nSPS) is 14.3. The van der Waals surface area contributed by atoms with Gasteiger partial charge in [0.05, 0.1) is 6.10 Å². The smallest absolute Gasteiger partial charge is 0.407 e. The number of hydrogen-bond acceptors (Lipinski definition) is 7. The number of amides is 1. The molecule has 0 radical (unpaired) electrons. The topological polar surface area (TPSA) is 105 Å². The Labute approximate surface area is 190 Å². The third-order valence-electron chi connectivity index (χ3n) is 5.59. The maximum atomic E-state index is 12.2. The second-order valence-electron chi connectivity index (χ2n) is 7.56. The summed E-state index contributed by atoms with van der Waals surface area (Å²) in [6, 6.07) is 16.3. The molecule has 7 nitrogen and oxygen atoms in total. The van der Waals surface area contributed by atoms with Crippen molar-refractivity contribution in [2.24, 2.45) is 0 Å². The summed E-state index contributed by atoms with van der Waals surface area (Å²) in [5.41, 5.74) is 5.06. The van der Waals surface area contributed by atoms with E-state index in [1.54, 1.807) is 0 Å². The van der Waals surface area contributed by atoms with Crippen LogP contribution in [0.1, 0.15) is 35.1 Å². The van der Waals surface area contributed by atoms with E-state index in [1.165, 1.54) is 35.3 Å². The number of alkyl carbamates (subject to hydrolysis) is 1. The van der Waals surface area contributed by atoms with E-state index in [0.29, 0.717) is 10.7 Å². The Balaban J connectivity index is 1.27. The second kappa shape index (κ2) is 10.1. The molecular weight excluding hydrogens is 426 g/mol. The number of carbonyl (C=O) groups excluding carboxylic acids is 1. The number of rotatable bonds is 8. The van der Waals surface area contributed by atoms with Crippen molar-refractivity contribution in [1.82, 2.24) is 15.3 Å². The van der Waals surface area contributed by atoms with Gasteiger partial charge in [0.25, 0.3) is 0 Å². The van der Waals surface area contributed by atoms with Crippen LogP contribution in [0.4, 0.5) is 4.79 Å². The molecule has 4 rings (SSSR count). The van der Waals surface area contributed by atoms with Crippen LogP contribution < -0.4 is 5.32 Å². The highest BCUT2D eigenvalue weighted by Crippen LogP contribution is 2.44. The molecule has 2 unspecified atom stereocenters. The molecule has 1 aromatic heterocycles. The number of fused-ring (bicyclic) bond motifs is 3. The largest absolute Gasteiger partial charge is 0.449 e. The van der Waals surface area contributed by atoms with Crippen molar-refractivity contribution in [2.75, 3.05) is 19.4 Å². The first-order valence-corrected chi connectivity index (χ1v) is 11.6. The lowest BCUT2D eigenvalue weighted by Crippen LogP contribution is -2.30. The molecule has 0 fully saturated rings. The van der Waals surface area contributed by atoms with Crippen molar-refractivity contribution in [1.29, 1.82) is 0 Å². The molecule has 0 bridgehead atoms. The Hall–Kier alpha value is -2.94. The van der Waals surface area contributed by atoms with Crippen LogP contribution in [-0.2, 0) is 4.74 Å². The molecular formula is C24H25N3O4S. The predicted molar refractivity (Wildman–Crippen MR) is 122 cm³/mol. The van der Waals surface area contributed by atoms with E-state index in [4.69, 9.17) is 4.74 Å². The number of nitrogens with zero attached hydrogens (tertiary/aromatic N) is 2. The van der Waals surface area contributed by atoms with Crippen LogP contribution in [0.25, 0.3) is 11.1 Å². The SMILES string of the molecule is CSc1ncc(C(O)C(O)CCNC(=O)OCC2c3ccccc3-c3ccccc32)cn1. The average Bonchev–Trinajstić information content (AvgIpc) is 3.16. The Kier molecular flexibility index (Phi) is 7.04. The first-order chi connectivity index (χ1) is 15.6. The number of aliphatic hydroxyl groups excluding tert-OH is 2. The van der Waals surface area contributed by atoms with Gasteiger partial charge in [-0.2, -0.15) is 0 Å². The van der Waals surface area contributed by atoms with Crippen molar-refractivity contribution >= 4 is 17.9 Å². The Morgan fingerprint density at radius 1 is 1.06 bits per heavy atom. The number of aliphatic hydroxyl groups is 2. The van der Waals surface area contributed by atoms with Gasteiger partial charge in [0.1, 0.15) is 12.7 Å². The standard InChI is InChI=1S/C24H25N3O4S/c1-32-23-26-12-15(13-27-23)22(29)21(28)10-11-25-24(30)31-14-20-18-8-4-2-6-16(18)17-7-3-5-9-19(17)20/h2-9,12-13,20-22,28-29H,10-11,14H2,1H3,(H,25,30). The Bertz CT molecular complexity index is 1030. The van der Waals surface area contributed by atoms with Gasteiger partial charge in [0.15, 0.2) is 5.16 Å². The minimum Gasteiger partial charge on any atom is -0.449 e. The molecule has 1 amide bonds. The lowest BCUT2D eigenvalue weighted by molar-refractivity contribution is 0.0132. The first-order valence-electron chi connectivity index (χ1n) is 10.4. The van der Waals surface area contributed by atoms with Crippen LogP contribution in [0.3, 0.4) is 0 Å². The highest BCUT2D eigenvalue weighted by atomic mass is 32.2. The summed E-state index contributed by atoms with van der Waals surface area (Å²) < 4.78 is 5.48. The zero-order chi connectivity index (χ0) is 22.5. The van der Waals surface area contributed by atoms with E-state index in [-0.39, 0.29) is 25.5 Å². The molecule has 8 heteroatoms. The molecule has 3 N–H and O–H groups in total. The van der Waals surface area contributed by atoms with Crippen LogP contribution in [0, 0.1) is 0 Å². The fourth-order valence-electron chi connectivity index (χ4n) is 3.94. The van der Waals surface area contributed by atoms with Gasteiger partial charge >= 0.3 is 6.09 Å². The van der Waals surface area contributed by atoms with E-state index in [9.17, 15) is 15.0 Å². The summed E-state index contributed by atoms with van der Waals surface area (Å²) in [5.74, 6) is -0.00943. The van der Waals surface area contributed by atoms with Gasteiger partial charge in [0.2, 0.25) is 0 Å². The van der Waals surface area contributed by atoms with Crippen molar-refractivity contribution < 1.29 is 19.7 Å². The third kappa shape index (κ3) is 4.77. The number of thioether (sulfide) groups is 1. The zero-order valence-electron chi connectivity index (χ0n) is 17.6. The summed E-state index contributed by atoms with van der Waals surface area (Å²) in [6.45, 7) is 0.392. The van der Waals surface area contributed by atoms with Crippen molar-refractivity contribution in [3.8, 4) is 11.1 Å². The van der Waals surface area contributed by atoms with Crippen LogP contribution in [0.2, 0.25) is 0 Å². The Morgan fingerprint density at radius 2 is 1.66 bits per heavy atom. The fraction of sp³-hybridized carbons (Fsp3) is 0.292. The minimum absolute atomic E-state index is 0.00943. The minimum atomic E-state index is -1.13. The second-order valence-corrected chi connectivity index (χ2v) is 8.33. The van der Waals surface area contributed by atoms with Gasteiger partial charge in [-0.3, -0.25) is 0 Å². The van der Waals surface area contributed by atoms with Gasteiger partial charge in [0, 0.05) is 30.4 Å². The third-order valence-corrected chi connectivity index (χ3v) is 6.17. The molecule has 1 heterocycles. The number of carbonyl (C=O) groups is 1. The zero-order valence-corrected chi connectivity index (χ0v) is 18.5. The highest BCUT2D eigenvalue weighted by Gasteiger charge is 2.29. The van der Waals surface area contributed by atoms with Crippen molar-refractivity contribution in [2.45, 2.75) is 29.7 Å². The summed E-state index contributed by atoms with van der Waals surface area (Å²) in [4.78, 5) is 20.4. The number of benzene rings is 2. The Morgan fingerprint density at radius 3 is 2.25 bits per heavy atom. The van der Waals surface area contributed by atoms with E-state index in [0.717, 1.165) is 11.1 Å². The average molecular weight is 452 g/mol. The number of hydrogen-bond donors (Lipinski definition) is 3. The molecule has 3 aromatic rings. The lowest BCUT2D eigenvalue weighted by atomic mass is 9.98. The van der Waals surface area contributed by atoms with Crippen LogP contribution >= 0.6 is 11.8 Å². The van der Waals surface area contributed by atoms with E-state index in [2.05, 4.69) is 39.6 Å². The van der Waals surface area contributed by atoms with E-state index >= 15 is 0 Å². The number of aromatic nitrogens is 2. The molecule has 32 heavy (non-hydrogen) atoms. The van der Waals surface area contributed by atoms with Crippen molar-refractivity contribution in [3.63, 3.8) is 0 Å². The highest BCUT2D eigenvalue weighted by molar-refractivity contribution is 7.98. The maximum absolute atomic E-state index is 12.2. The van der Waals surface area contributed by atoms with Gasteiger partial charge < -0.3 is 20.3 Å². The van der Waals surface area contributed by atoms with Gasteiger partial charge in [-0.05, 0) is 34.9 Å². The van der Waals surface area contributed by atoms with Crippen molar-refractivity contribution in [3.05, 3.63) is 77.6 Å². The predicted octanol–water partition coefficient (Wildman–Crippen LogP) is 3.52. The monoisotopic (exact) mass is 451 g/mol. The molecule has 0 saturated carbocycles. The molecule has 0 aliphatic heterocycles. The van der Waals surface area contributed by atoms with Gasteiger partial charge in [-0.25, -0.2) is 14.8 Å². The summed E-state index contributed by atoms with van der Waals surface area (Å²) in [6.07, 6.45) is 2.26. The quantitative estimate of drug-likeness (QED) is 0.355. The molecule has 0 spiro atoms. The van der Waals surface area contributed by atoms with Gasteiger partial charge in [-0.1, -0.05) is 60.3 Å². The fourth-order valence-corrected chi connectivity index (χ4v) is 4.25. The van der Waals surface area contributed by atoms with Gasteiger partial charge in [-0.15, -0.1) is 0 Å². The molecule has 1 aliphatic rings. The van der Waals surface area contributed by atoms with E-state index < -0.39 is 18.3 Å². The van der Waals surface area contributed by atoms with Crippen LogP contribution in [0.15, 0.2) is 66.1 Å². The summed E-state index contributed by atoms with van der Waals surface area (Å²) in [5, 5.41) is 23.7. The van der Waals surface area contributed by atoms with E-state index in [1.807, 2.05) is 30.5 Å².